The Morgan fingerprint density at radius 3 is 2.48 bits per heavy atom. The van der Waals surface area contributed by atoms with Crippen molar-refractivity contribution in [1.29, 1.82) is 0 Å². The van der Waals surface area contributed by atoms with Gasteiger partial charge in [0, 0.05) is 15.2 Å². The van der Waals surface area contributed by atoms with Crippen LogP contribution < -0.4 is 0 Å². The third-order valence-electron chi connectivity index (χ3n) is 4.24. The van der Waals surface area contributed by atoms with Gasteiger partial charge >= 0.3 is 0 Å². The van der Waals surface area contributed by atoms with Gasteiger partial charge in [-0.15, -0.1) is 11.6 Å². The van der Waals surface area contributed by atoms with Crippen molar-refractivity contribution in [2.75, 3.05) is 17.7 Å². The normalized spacial score (nSPS) is 13.2. The third kappa shape index (κ3) is 2.19. The summed E-state index contributed by atoms with van der Waals surface area (Å²) in [4.78, 5) is 4.76. The van der Waals surface area contributed by atoms with Gasteiger partial charge in [0.05, 0.1) is 22.0 Å². The first-order valence-corrected chi connectivity index (χ1v) is 11.2. The number of rotatable bonds is 2. The van der Waals surface area contributed by atoms with Crippen molar-refractivity contribution in [3.05, 3.63) is 53.1 Å². The standard InChI is InChI=1S/C18H16BrClN2S/c1-23(2,11-20)16-10-21-18-14-7-4-3-6-12(14)13-8-5-9-15(19)17(13)22(16)18/h3-10H,11H2,1-2H3. The maximum Gasteiger partial charge on any atom is 0.146 e. The summed E-state index contributed by atoms with van der Waals surface area (Å²) >= 11 is 10.0. The fourth-order valence-corrected chi connectivity index (χ4v) is 5.06. The molecule has 0 bridgehead atoms. The SMILES string of the molecule is CS(C)(CCl)c1cnc2c3ccccc3c3cccc(Br)c3n12. The number of aromatic nitrogens is 2. The lowest BCUT2D eigenvalue weighted by Gasteiger charge is -2.28. The molecule has 2 aromatic heterocycles. The van der Waals surface area contributed by atoms with Gasteiger partial charge < -0.3 is 0 Å². The molecular weight excluding hydrogens is 392 g/mol. The Hall–Kier alpha value is -1.23. The van der Waals surface area contributed by atoms with Gasteiger partial charge in [0.1, 0.15) is 5.65 Å². The number of nitrogens with zero attached hydrogens (tertiary/aromatic N) is 2. The van der Waals surface area contributed by atoms with Crippen molar-refractivity contribution in [3.8, 4) is 0 Å². The molecule has 5 heteroatoms. The first kappa shape index (κ1) is 15.3. The monoisotopic (exact) mass is 406 g/mol. The molecule has 2 aromatic carbocycles. The molecule has 0 saturated carbocycles. The van der Waals surface area contributed by atoms with Crippen molar-refractivity contribution in [3.63, 3.8) is 0 Å². The van der Waals surface area contributed by atoms with Crippen molar-refractivity contribution in [2.45, 2.75) is 5.03 Å². The summed E-state index contributed by atoms with van der Waals surface area (Å²) in [5.41, 5.74) is 2.17. The predicted molar refractivity (Wildman–Crippen MR) is 106 cm³/mol. The van der Waals surface area contributed by atoms with Gasteiger partial charge in [-0.2, -0.15) is 10.0 Å². The Morgan fingerprint density at radius 2 is 1.74 bits per heavy atom. The van der Waals surface area contributed by atoms with Gasteiger partial charge in [0.15, 0.2) is 0 Å². The van der Waals surface area contributed by atoms with Crippen LogP contribution in [0, 0.1) is 0 Å². The Bertz CT molecular complexity index is 1060. The van der Waals surface area contributed by atoms with Gasteiger partial charge in [-0.3, -0.25) is 4.40 Å². The number of fused-ring (bicyclic) bond motifs is 6. The number of imidazole rings is 1. The van der Waals surface area contributed by atoms with Gasteiger partial charge in [-0.05, 0) is 39.9 Å². The Labute approximate surface area is 149 Å². The van der Waals surface area contributed by atoms with Crippen molar-refractivity contribution in [1.82, 2.24) is 9.38 Å². The highest BCUT2D eigenvalue weighted by Crippen LogP contribution is 2.51. The highest BCUT2D eigenvalue weighted by atomic mass is 79.9. The molecule has 0 aliphatic carbocycles. The minimum absolute atomic E-state index is 0.625. The van der Waals surface area contributed by atoms with Crippen LogP contribution in [0.3, 0.4) is 0 Å². The molecule has 23 heavy (non-hydrogen) atoms. The van der Waals surface area contributed by atoms with Crippen molar-refractivity contribution in [2.24, 2.45) is 0 Å². The third-order valence-corrected chi connectivity index (χ3v) is 8.48. The summed E-state index contributed by atoms with van der Waals surface area (Å²) in [7, 11) is -1.11. The van der Waals surface area contributed by atoms with Gasteiger partial charge in [-0.25, -0.2) is 4.98 Å². The molecule has 0 saturated heterocycles. The van der Waals surface area contributed by atoms with Crippen LogP contribution in [0.1, 0.15) is 0 Å². The number of para-hydroxylation sites is 1. The van der Waals surface area contributed by atoms with Gasteiger partial charge in [-0.1, -0.05) is 36.4 Å². The predicted octanol–water partition coefficient (Wildman–Crippen LogP) is 6.02. The van der Waals surface area contributed by atoms with E-state index in [2.05, 4.69) is 75.3 Å². The molecule has 0 amide bonds. The summed E-state index contributed by atoms with van der Waals surface area (Å²) in [6, 6.07) is 14.8. The van der Waals surface area contributed by atoms with E-state index < -0.39 is 10.0 Å². The molecule has 0 unspecified atom stereocenters. The van der Waals surface area contributed by atoms with Crippen LogP contribution in [0.4, 0.5) is 0 Å². The zero-order valence-corrected chi connectivity index (χ0v) is 16.0. The highest BCUT2D eigenvalue weighted by molar-refractivity contribution is 9.10. The molecule has 2 heterocycles. The maximum absolute atomic E-state index is 6.28. The molecule has 4 aromatic rings. The minimum atomic E-state index is -1.11. The Kier molecular flexibility index (Phi) is 3.59. The average Bonchev–Trinajstić information content (AvgIpc) is 3.01. The van der Waals surface area contributed by atoms with E-state index in [1.54, 1.807) is 0 Å². The molecule has 0 fully saturated rings. The van der Waals surface area contributed by atoms with E-state index in [9.17, 15) is 0 Å². The number of benzene rings is 2. The average molecular weight is 408 g/mol. The van der Waals surface area contributed by atoms with Gasteiger partial charge in [0.2, 0.25) is 0 Å². The van der Waals surface area contributed by atoms with Crippen LogP contribution >= 0.6 is 37.6 Å². The molecule has 0 spiro atoms. The second-order valence-electron chi connectivity index (χ2n) is 6.08. The Balaban J connectivity index is 2.34. The van der Waals surface area contributed by atoms with Crippen LogP contribution in [0.5, 0.6) is 0 Å². The quantitative estimate of drug-likeness (QED) is 0.293. The highest BCUT2D eigenvalue weighted by Gasteiger charge is 2.22. The van der Waals surface area contributed by atoms with E-state index >= 15 is 0 Å². The summed E-state index contributed by atoms with van der Waals surface area (Å²) < 4.78 is 3.37. The van der Waals surface area contributed by atoms with Gasteiger partial charge in [0.25, 0.3) is 0 Å². The number of halogens is 2. The van der Waals surface area contributed by atoms with E-state index in [-0.39, 0.29) is 0 Å². The molecule has 4 rings (SSSR count). The molecule has 0 radical (unpaired) electrons. The number of hydrogen-bond acceptors (Lipinski definition) is 1. The summed E-state index contributed by atoms with van der Waals surface area (Å²) in [5, 5.41) is 5.47. The van der Waals surface area contributed by atoms with Crippen LogP contribution in [-0.2, 0) is 0 Å². The van der Waals surface area contributed by atoms with Crippen LogP contribution in [0.15, 0.2) is 58.2 Å². The lowest BCUT2D eigenvalue weighted by atomic mass is 10.1. The van der Waals surface area contributed by atoms with E-state index in [4.69, 9.17) is 16.6 Å². The first-order valence-electron chi connectivity index (χ1n) is 7.28. The van der Waals surface area contributed by atoms with Crippen LogP contribution in [-0.4, -0.2) is 27.1 Å². The molecule has 2 nitrogen and oxygen atoms in total. The number of pyridine rings is 1. The number of alkyl halides is 1. The molecular formula is C18H16BrClN2S. The fraction of sp³-hybridized carbons (Fsp3) is 0.167. The summed E-state index contributed by atoms with van der Waals surface area (Å²) in [5.74, 6) is 0. The van der Waals surface area contributed by atoms with E-state index in [0.29, 0.717) is 5.21 Å². The minimum Gasteiger partial charge on any atom is -0.287 e. The zero-order chi connectivity index (χ0) is 16.2. The van der Waals surface area contributed by atoms with E-state index in [0.717, 1.165) is 10.1 Å². The van der Waals surface area contributed by atoms with Crippen molar-refractivity contribution < 1.29 is 0 Å². The van der Waals surface area contributed by atoms with E-state index in [1.165, 1.54) is 26.7 Å². The first-order chi connectivity index (χ1) is 11.0. The van der Waals surface area contributed by atoms with E-state index in [1.807, 2.05) is 6.20 Å². The second-order valence-corrected chi connectivity index (χ2v) is 11.3. The fourth-order valence-electron chi connectivity index (χ4n) is 3.06. The Morgan fingerprint density at radius 1 is 1.04 bits per heavy atom. The van der Waals surface area contributed by atoms with Crippen molar-refractivity contribution >= 4 is 64.9 Å². The summed E-state index contributed by atoms with van der Waals surface area (Å²) in [6.45, 7) is 0. The second kappa shape index (κ2) is 5.40. The molecule has 0 N–H and O–H groups in total. The summed E-state index contributed by atoms with van der Waals surface area (Å²) in [6.07, 6.45) is 6.47. The topological polar surface area (TPSA) is 17.3 Å². The smallest absolute Gasteiger partial charge is 0.146 e. The van der Waals surface area contributed by atoms with Crippen LogP contribution in [0.25, 0.3) is 27.3 Å². The zero-order valence-electron chi connectivity index (χ0n) is 12.9. The molecule has 0 aliphatic rings. The molecule has 0 atom stereocenters. The number of hydrogen-bond donors (Lipinski definition) is 0. The largest absolute Gasteiger partial charge is 0.287 e. The molecule has 0 aliphatic heterocycles. The lowest BCUT2D eigenvalue weighted by Crippen LogP contribution is -2.03. The molecule has 118 valence electrons. The lowest BCUT2D eigenvalue weighted by molar-refractivity contribution is 1.09. The maximum atomic E-state index is 6.28. The van der Waals surface area contributed by atoms with Crippen LogP contribution in [0.2, 0.25) is 0 Å².